The number of ether oxygens (including phenoxy) is 2. The molecule has 0 radical (unpaired) electrons. The molecule has 0 spiro atoms. The first-order valence-corrected chi connectivity index (χ1v) is 6.95. The van der Waals surface area contributed by atoms with Crippen LogP contribution in [0.5, 0.6) is 0 Å². The summed E-state index contributed by atoms with van der Waals surface area (Å²) in [6.07, 6.45) is 0.852. The Kier molecular flexibility index (Phi) is 4.97. The first kappa shape index (κ1) is 13.8. The van der Waals surface area contributed by atoms with E-state index in [1.54, 1.807) is 0 Å². The monoisotopic (exact) mass is 256 g/mol. The summed E-state index contributed by atoms with van der Waals surface area (Å²) in [6, 6.07) is 0.481. The van der Waals surface area contributed by atoms with Gasteiger partial charge in [0.25, 0.3) is 0 Å². The van der Waals surface area contributed by atoms with Crippen LogP contribution in [0, 0.1) is 0 Å². The lowest BCUT2D eigenvalue weighted by molar-refractivity contribution is -0.143. The molecule has 104 valence electrons. The molecule has 2 heterocycles. The third-order valence-electron chi connectivity index (χ3n) is 3.87. The van der Waals surface area contributed by atoms with E-state index in [0.29, 0.717) is 12.6 Å². The topological polar surface area (TPSA) is 42.0 Å². The van der Waals surface area contributed by atoms with Crippen LogP contribution >= 0.6 is 0 Å². The lowest BCUT2D eigenvalue weighted by atomic mass is 10.1. The fraction of sp³-hybridized carbons (Fsp3) is 0.923. The molecular formula is C13H24N2O3. The van der Waals surface area contributed by atoms with Crippen LogP contribution < -0.4 is 0 Å². The van der Waals surface area contributed by atoms with E-state index in [-0.39, 0.29) is 12.0 Å². The minimum atomic E-state index is -0.0371. The van der Waals surface area contributed by atoms with E-state index in [4.69, 9.17) is 9.47 Å². The Morgan fingerprint density at radius 1 is 1.44 bits per heavy atom. The molecule has 0 aliphatic carbocycles. The maximum absolute atomic E-state index is 11.6. The number of hydrogen-bond donors (Lipinski definition) is 0. The van der Waals surface area contributed by atoms with Gasteiger partial charge in [0.2, 0.25) is 0 Å². The molecule has 0 saturated carbocycles. The highest BCUT2D eigenvalue weighted by atomic mass is 16.5. The van der Waals surface area contributed by atoms with Gasteiger partial charge in [0.05, 0.1) is 13.2 Å². The number of rotatable bonds is 5. The average Bonchev–Trinajstić information content (AvgIpc) is 2.78. The van der Waals surface area contributed by atoms with Crippen molar-refractivity contribution >= 4 is 5.97 Å². The molecule has 2 aliphatic rings. The predicted octanol–water partition coefficient (Wildman–Crippen LogP) is 0.345. The van der Waals surface area contributed by atoms with Crippen LogP contribution in [0.1, 0.15) is 20.3 Å². The number of carbonyl (C=O) groups excluding carboxylic acids is 1. The molecule has 2 fully saturated rings. The lowest BCUT2D eigenvalue weighted by Gasteiger charge is -2.41. The first-order valence-electron chi connectivity index (χ1n) is 6.95. The van der Waals surface area contributed by atoms with Crippen molar-refractivity contribution in [1.82, 2.24) is 9.80 Å². The number of piperazine rings is 1. The van der Waals surface area contributed by atoms with Crippen molar-refractivity contribution in [3.63, 3.8) is 0 Å². The molecule has 0 bridgehead atoms. The Morgan fingerprint density at radius 3 is 2.89 bits per heavy atom. The van der Waals surface area contributed by atoms with Crippen LogP contribution in [0.25, 0.3) is 0 Å². The third-order valence-corrected chi connectivity index (χ3v) is 3.87. The van der Waals surface area contributed by atoms with Gasteiger partial charge in [0.15, 0.2) is 0 Å². The highest BCUT2D eigenvalue weighted by molar-refractivity contribution is 5.77. The molecule has 0 aromatic heterocycles. The van der Waals surface area contributed by atoms with E-state index in [2.05, 4.69) is 16.7 Å². The van der Waals surface area contributed by atoms with Crippen molar-refractivity contribution in [1.29, 1.82) is 0 Å². The molecule has 0 amide bonds. The van der Waals surface area contributed by atoms with Crippen molar-refractivity contribution in [3.8, 4) is 0 Å². The average molecular weight is 256 g/mol. The summed E-state index contributed by atoms with van der Waals surface area (Å²) >= 11 is 0. The normalized spacial score (nSPS) is 30.7. The summed E-state index contributed by atoms with van der Waals surface area (Å²) in [7, 11) is 0. The van der Waals surface area contributed by atoms with Crippen molar-refractivity contribution in [3.05, 3.63) is 0 Å². The molecule has 0 unspecified atom stereocenters. The van der Waals surface area contributed by atoms with Gasteiger partial charge in [-0.05, 0) is 13.8 Å². The van der Waals surface area contributed by atoms with Gasteiger partial charge < -0.3 is 9.47 Å². The SMILES string of the molecule is CCOCCN1CCN([C@@H]2CCOC2=O)C[C@@H]1C. The largest absolute Gasteiger partial charge is 0.464 e. The summed E-state index contributed by atoms with van der Waals surface area (Å²) in [5.41, 5.74) is 0. The van der Waals surface area contributed by atoms with Gasteiger partial charge in [-0.3, -0.25) is 14.6 Å². The van der Waals surface area contributed by atoms with E-state index >= 15 is 0 Å². The Balaban J connectivity index is 1.78. The highest BCUT2D eigenvalue weighted by Gasteiger charge is 2.35. The Morgan fingerprint density at radius 2 is 2.28 bits per heavy atom. The summed E-state index contributed by atoms with van der Waals surface area (Å²) < 4.78 is 10.4. The molecule has 2 atom stereocenters. The summed E-state index contributed by atoms with van der Waals surface area (Å²) in [5, 5.41) is 0. The van der Waals surface area contributed by atoms with Crippen LogP contribution in [0.3, 0.4) is 0 Å². The van der Waals surface area contributed by atoms with E-state index in [1.807, 2.05) is 6.92 Å². The summed E-state index contributed by atoms with van der Waals surface area (Å²) in [6.45, 7) is 10.3. The molecule has 0 aromatic rings. The minimum Gasteiger partial charge on any atom is -0.464 e. The van der Waals surface area contributed by atoms with Gasteiger partial charge in [-0.1, -0.05) is 0 Å². The zero-order chi connectivity index (χ0) is 13.0. The molecular weight excluding hydrogens is 232 g/mol. The molecule has 2 aliphatic heterocycles. The second-order valence-electron chi connectivity index (χ2n) is 5.05. The van der Waals surface area contributed by atoms with Gasteiger partial charge in [0.1, 0.15) is 6.04 Å². The van der Waals surface area contributed by atoms with E-state index in [1.165, 1.54) is 0 Å². The van der Waals surface area contributed by atoms with Crippen LogP contribution in [0.2, 0.25) is 0 Å². The molecule has 18 heavy (non-hydrogen) atoms. The quantitative estimate of drug-likeness (QED) is 0.524. The number of hydrogen-bond acceptors (Lipinski definition) is 5. The lowest BCUT2D eigenvalue weighted by Crippen LogP contribution is -2.56. The molecule has 5 nitrogen and oxygen atoms in total. The number of esters is 1. The minimum absolute atomic E-state index is 0.00138. The van der Waals surface area contributed by atoms with E-state index in [9.17, 15) is 4.79 Å². The summed E-state index contributed by atoms with van der Waals surface area (Å²) in [4.78, 5) is 16.3. The van der Waals surface area contributed by atoms with Crippen LogP contribution in [0.4, 0.5) is 0 Å². The van der Waals surface area contributed by atoms with Crippen molar-refractivity contribution in [2.75, 3.05) is 46.0 Å². The van der Waals surface area contributed by atoms with Gasteiger partial charge in [-0.15, -0.1) is 0 Å². The van der Waals surface area contributed by atoms with Gasteiger partial charge in [-0.2, -0.15) is 0 Å². The molecule has 5 heteroatoms. The maximum Gasteiger partial charge on any atom is 0.323 e. The van der Waals surface area contributed by atoms with E-state index < -0.39 is 0 Å². The smallest absolute Gasteiger partial charge is 0.323 e. The van der Waals surface area contributed by atoms with Crippen LogP contribution in [-0.4, -0.2) is 73.9 Å². The van der Waals surface area contributed by atoms with Gasteiger partial charge >= 0.3 is 5.97 Å². The van der Waals surface area contributed by atoms with Crippen molar-refractivity contribution in [2.24, 2.45) is 0 Å². The molecule has 0 N–H and O–H groups in total. The predicted molar refractivity (Wildman–Crippen MR) is 68.5 cm³/mol. The number of carbonyl (C=O) groups is 1. The zero-order valence-electron chi connectivity index (χ0n) is 11.4. The number of nitrogens with zero attached hydrogens (tertiary/aromatic N) is 2. The number of cyclic esters (lactones) is 1. The van der Waals surface area contributed by atoms with Crippen LogP contribution in [0.15, 0.2) is 0 Å². The highest BCUT2D eigenvalue weighted by Crippen LogP contribution is 2.18. The van der Waals surface area contributed by atoms with Gasteiger partial charge in [-0.25, -0.2) is 0 Å². The Labute approximate surface area is 109 Å². The molecule has 2 rings (SSSR count). The van der Waals surface area contributed by atoms with E-state index in [0.717, 1.165) is 45.8 Å². The second-order valence-corrected chi connectivity index (χ2v) is 5.05. The Hall–Kier alpha value is -0.650. The fourth-order valence-electron chi connectivity index (χ4n) is 2.78. The zero-order valence-corrected chi connectivity index (χ0v) is 11.4. The molecule has 0 aromatic carbocycles. The fourth-order valence-corrected chi connectivity index (χ4v) is 2.78. The molecule has 2 saturated heterocycles. The third kappa shape index (κ3) is 3.22. The first-order chi connectivity index (χ1) is 8.72. The standard InChI is InChI=1S/C13H24N2O3/c1-3-17-9-7-14-5-6-15(10-11(14)2)12-4-8-18-13(12)16/h11-12H,3-10H2,1-2H3/t11-,12+/m0/s1. The Bertz CT molecular complexity index is 285. The van der Waals surface area contributed by atoms with Gasteiger partial charge in [0, 0.05) is 45.2 Å². The second kappa shape index (κ2) is 6.50. The van der Waals surface area contributed by atoms with Crippen molar-refractivity contribution in [2.45, 2.75) is 32.4 Å². The maximum atomic E-state index is 11.6. The van der Waals surface area contributed by atoms with Crippen molar-refractivity contribution < 1.29 is 14.3 Å². The van der Waals surface area contributed by atoms with Crippen LogP contribution in [-0.2, 0) is 14.3 Å². The summed E-state index contributed by atoms with van der Waals surface area (Å²) in [5.74, 6) is -0.0371.